The van der Waals surface area contributed by atoms with Crippen molar-refractivity contribution in [2.45, 2.75) is 32.5 Å². The maximum atomic E-state index is 12.8. The molecule has 1 aliphatic rings. The molecule has 1 aromatic rings. The number of hydrogen-bond acceptors (Lipinski definition) is 3. The molecule has 132 valence electrons. The van der Waals surface area contributed by atoms with Crippen molar-refractivity contribution in [2.75, 3.05) is 18.0 Å². The highest BCUT2D eigenvalue weighted by Crippen LogP contribution is 2.32. The molecule has 0 spiro atoms. The van der Waals surface area contributed by atoms with Gasteiger partial charge in [-0.3, -0.25) is 4.90 Å². The quantitative estimate of drug-likeness (QED) is 0.894. The molecule has 3 amide bonds. The number of carbonyl (C=O) groups is 2. The zero-order valence-electron chi connectivity index (χ0n) is 13.5. The summed E-state index contributed by atoms with van der Waals surface area (Å²) in [4.78, 5) is 30.0. The predicted molar refractivity (Wildman–Crippen MR) is 80.3 cm³/mol. The van der Waals surface area contributed by atoms with Gasteiger partial charge in [0.05, 0.1) is 12.1 Å². The summed E-state index contributed by atoms with van der Waals surface area (Å²) in [6, 6.07) is 3.73. The average molecular weight is 345 g/mol. The summed E-state index contributed by atoms with van der Waals surface area (Å²) in [5, 5.41) is 3.35. The van der Waals surface area contributed by atoms with Gasteiger partial charge in [-0.05, 0) is 39.0 Å². The molecule has 1 fully saturated rings. The normalized spacial score (nSPS) is 15.7. The first-order valence-electron chi connectivity index (χ1n) is 7.24. The van der Waals surface area contributed by atoms with Crippen LogP contribution in [0.5, 0.6) is 0 Å². The summed E-state index contributed by atoms with van der Waals surface area (Å²) >= 11 is 0. The van der Waals surface area contributed by atoms with Crippen LogP contribution in [0.3, 0.4) is 0 Å². The fraction of sp³-hybridized carbons (Fsp3) is 0.467. The van der Waals surface area contributed by atoms with Crippen LogP contribution < -0.4 is 10.2 Å². The average Bonchev–Trinajstić information content (AvgIpc) is 2.77. The van der Waals surface area contributed by atoms with Crippen molar-refractivity contribution in [3.8, 4) is 0 Å². The van der Waals surface area contributed by atoms with E-state index in [0.29, 0.717) is 0 Å². The third-order valence-corrected chi connectivity index (χ3v) is 3.13. The maximum absolute atomic E-state index is 12.8. The number of nitrogens with zero attached hydrogens (tertiary/aromatic N) is 2. The standard InChI is InChI=1S/C15H18F3N3O3/c1-14(2,3)19-12(22)24-21-8-7-20(13(21)23)11-6-4-5-10(9-11)15(16,17)18/h4-6,9H,7-8H2,1-3H3,(H,19,22). The lowest BCUT2D eigenvalue weighted by molar-refractivity contribution is -0.137. The van der Waals surface area contributed by atoms with Crippen LogP contribution in [0.25, 0.3) is 0 Å². The van der Waals surface area contributed by atoms with E-state index < -0.39 is 29.4 Å². The summed E-state index contributed by atoms with van der Waals surface area (Å²) in [6.07, 6.45) is -5.30. The Morgan fingerprint density at radius 2 is 1.88 bits per heavy atom. The van der Waals surface area contributed by atoms with Gasteiger partial charge in [0.25, 0.3) is 0 Å². The topological polar surface area (TPSA) is 61.9 Å². The van der Waals surface area contributed by atoms with Crippen LogP contribution in [0.15, 0.2) is 24.3 Å². The molecule has 1 saturated heterocycles. The Morgan fingerprint density at radius 1 is 1.21 bits per heavy atom. The van der Waals surface area contributed by atoms with Gasteiger partial charge < -0.3 is 10.2 Å². The van der Waals surface area contributed by atoms with Crippen LogP contribution in [0, 0.1) is 0 Å². The van der Waals surface area contributed by atoms with Crippen molar-refractivity contribution in [2.24, 2.45) is 0 Å². The van der Waals surface area contributed by atoms with E-state index >= 15 is 0 Å². The fourth-order valence-corrected chi connectivity index (χ4v) is 2.12. The van der Waals surface area contributed by atoms with Crippen molar-refractivity contribution in [1.29, 1.82) is 0 Å². The van der Waals surface area contributed by atoms with Crippen LogP contribution in [-0.4, -0.2) is 35.8 Å². The van der Waals surface area contributed by atoms with Gasteiger partial charge in [-0.2, -0.15) is 13.2 Å². The van der Waals surface area contributed by atoms with E-state index in [2.05, 4.69) is 5.32 Å². The molecular weight excluding hydrogens is 327 g/mol. The second kappa shape index (κ2) is 6.21. The molecule has 0 unspecified atom stereocenters. The monoisotopic (exact) mass is 345 g/mol. The van der Waals surface area contributed by atoms with Gasteiger partial charge in [-0.25, -0.2) is 9.59 Å². The summed E-state index contributed by atoms with van der Waals surface area (Å²) in [6.45, 7) is 5.41. The number of amides is 3. The van der Waals surface area contributed by atoms with Crippen molar-refractivity contribution in [1.82, 2.24) is 10.4 Å². The summed E-state index contributed by atoms with van der Waals surface area (Å²) in [5.74, 6) is 0. The van der Waals surface area contributed by atoms with Gasteiger partial charge in [0.1, 0.15) is 0 Å². The summed E-state index contributed by atoms with van der Waals surface area (Å²) in [7, 11) is 0. The highest BCUT2D eigenvalue weighted by atomic mass is 19.4. The van der Waals surface area contributed by atoms with Crippen LogP contribution >= 0.6 is 0 Å². The number of alkyl halides is 3. The van der Waals surface area contributed by atoms with Crippen LogP contribution in [-0.2, 0) is 11.0 Å². The molecule has 2 rings (SSSR count). The summed E-state index contributed by atoms with van der Waals surface area (Å²) in [5.41, 5.74) is -1.30. The SMILES string of the molecule is CC(C)(C)NC(=O)ON1CCN(c2cccc(C(F)(F)F)c2)C1=O. The van der Waals surface area contributed by atoms with Crippen molar-refractivity contribution < 1.29 is 27.6 Å². The van der Waals surface area contributed by atoms with Gasteiger partial charge >= 0.3 is 18.3 Å². The molecule has 9 heteroatoms. The molecule has 1 aliphatic heterocycles. The lowest BCUT2D eigenvalue weighted by Gasteiger charge is -2.22. The first kappa shape index (κ1) is 17.9. The van der Waals surface area contributed by atoms with Gasteiger partial charge in [-0.15, -0.1) is 5.06 Å². The number of urea groups is 1. The molecule has 1 aromatic carbocycles. The highest BCUT2D eigenvalue weighted by Gasteiger charge is 2.35. The largest absolute Gasteiger partial charge is 0.432 e. The zero-order valence-corrected chi connectivity index (χ0v) is 13.5. The Morgan fingerprint density at radius 3 is 2.46 bits per heavy atom. The Bertz CT molecular complexity index is 641. The minimum Gasteiger partial charge on any atom is -0.317 e. The Balaban J connectivity index is 2.08. The van der Waals surface area contributed by atoms with Crippen LogP contribution in [0.4, 0.5) is 28.4 Å². The van der Waals surface area contributed by atoms with Crippen LogP contribution in [0.2, 0.25) is 0 Å². The number of hydrogen-bond donors (Lipinski definition) is 1. The first-order chi connectivity index (χ1) is 11.0. The second-order valence-corrected chi connectivity index (χ2v) is 6.34. The van der Waals surface area contributed by atoms with E-state index in [-0.39, 0.29) is 18.8 Å². The number of carbonyl (C=O) groups excluding carboxylic acids is 2. The predicted octanol–water partition coefficient (Wildman–Crippen LogP) is 3.39. The molecule has 24 heavy (non-hydrogen) atoms. The minimum absolute atomic E-state index is 0.0621. The Labute approximate surface area is 137 Å². The van der Waals surface area contributed by atoms with E-state index in [9.17, 15) is 22.8 Å². The van der Waals surface area contributed by atoms with Crippen molar-refractivity contribution in [3.63, 3.8) is 0 Å². The molecule has 0 atom stereocenters. The molecule has 0 radical (unpaired) electrons. The fourth-order valence-electron chi connectivity index (χ4n) is 2.12. The van der Waals surface area contributed by atoms with E-state index in [0.717, 1.165) is 22.1 Å². The van der Waals surface area contributed by atoms with Gasteiger partial charge in [0.15, 0.2) is 0 Å². The van der Waals surface area contributed by atoms with E-state index in [1.165, 1.54) is 12.1 Å². The number of benzene rings is 1. The molecule has 6 nitrogen and oxygen atoms in total. The van der Waals surface area contributed by atoms with Crippen molar-refractivity contribution >= 4 is 17.8 Å². The number of hydroxylamine groups is 2. The zero-order chi connectivity index (χ0) is 18.1. The lowest BCUT2D eigenvalue weighted by atomic mass is 10.1. The third kappa shape index (κ3) is 4.30. The minimum atomic E-state index is -4.50. The van der Waals surface area contributed by atoms with E-state index in [1.54, 1.807) is 20.8 Å². The van der Waals surface area contributed by atoms with Gasteiger partial charge in [0.2, 0.25) is 0 Å². The highest BCUT2D eigenvalue weighted by molar-refractivity contribution is 5.94. The Kier molecular flexibility index (Phi) is 4.63. The third-order valence-electron chi connectivity index (χ3n) is 3.13. The smallest absolute Gasteiger partial charge is 0.317 e. The molecule has 0 aliphatic carbocycles. The molecular formula is C15H18F3N3O3. The van der Waals surface area contributed by atoms with Gasteiger partial charge in [0, 0.05) is 17.8 Å². The molecule has 0 aromatic heterocycles. The first-order valence-corrected chi connectivity index (χ1v) is 7.24. The molecule has 0 bridgehead atoms. The Hall–Kier alpha value is -2.45. The number of anilines is 1. The molecule has 1 N–H and O–H groups in total. The number of nitrogens with one attached hydrogen (secondary N) is 1. The maximum Gasteiger partial charge on any atom is 0.432 e. The second-order valence-electron chi connectivity index (χ2n) is 6.34. The number of halogens is 3. The van der Waals surface area contributed by atoms with Crippen molar-refractivity contribution in [3.05, 3.63) is 29.8 Å². The van der Waals surface area contributed by atoms with E-state index in [1.807, 2.05) is 0 Å². The molecule has 1 heterocycles. The van der Waals surface area contributed by atoms with Gasteiger partial charge in [-0.1, -0.05) is 6.07 Å². The lowest BCUT2D eigenvalue weighted by Crippen LogP contribution is -2.44. The molecule has 0 saturated carbocycles. The summed E-state index contributed by atoms with van der Waals surface area (Å²) < 4.78 is 38.3. The number of rotatable bonds is 2. The van der Waals surface area contributed by atoms with E-state index in [4.69, 9.17) is 4.84 Å². The van der Waals surface area contributed by atoms with Crippen LogP contribution in [0.1, 0.15) is 26.3 Å².